The molecule has 1 atom stereocenters. The Hall–Kier alpha value is -1.63. The number of H-pyrrole nitrogens is 1. The zero-order valence-electron chi connectivity index (χ0n) is 14.5. The smallest absolute Gasteiger partial charge is 0.387 e. The molecule has 0 aliphatic rings. The number of rotatable bonds is 6. The third kappa shape index (κ3) is 4.43. The van der Waals surface area contributed by atoms with Crippen molar-refractivity contribution >= 4 is 23.2 Å². The van der Waals surface area contributed by atoms with E-state index in [1.54, 1.807) is 0 Å². The summed E-state index contributed by atoms with van der Waals surface area (Å²) in [5.74, 6) is -0.905. The number of nitrogens with one attached hydrogen (secondary N) is 1. The van der Waals surface area contributed by atoms with Crippen LogP contribution in [0.2, 0.25) is 10.0 Å². The number of aliphatic hydroxyl groups is 1. The SMILES string of the molecule is [2H]C([2H])([2H])Oc1cc([C@@H](O)Cc2c(Cl)c[nH+]cc2Cl)ccc1OC(F)F. The van der Waals surface area contributed by atoms with Crippen molar-refractivity contribution in [3.05, 3.63) is 51.8 Å². The molecule has 1 aromatic carbocycles. The van der Waals surface area contributed by atoms with E-state index < -0.39 is 31.3 Å². The summed E-state index contributed by atoms with van der Waals surface area (Å²) in [5, 5.41) is 11.0. The normalized spacial score (nSPS) is 14.8. The molecule has 2 N–H and O–H groups in total. The third-order valence-corrected chi connectivity index (χ3v) is 3.75. The van der Waals surface area contributed by atoms with E-state index in [0.29, 0.717) is 15.6 Å². The van der Waals surface area contributed by atoms with Gasteiger partial charge in [-0.05, 0) is 17.7 Å². The number of ether oxygens (including phenoxy) is 2. The van der Waals surface area contributed by atoms with Gasteiger partial charge in [0.05, 0.1) is 17.3 Å². The lowest BCUT2D eigenvalue weighted by molar-refractivity contribution is -0.377. The van der Waals surface area contributed by atoms with Gasteiger partial charge in [0.25, 0.3) is 0 Å². The molecule has 0 spiro atoms. The maximum Gasteiger partial charge on any atom is 0.387 e. The lowest BCUT2D eigenvalue weighted by Gasteiger charge is -2.15. The van der Waals surface area contributed by atoms with Crippen LogP contribution >= 0.6 is 23.2 Å². The van der Waals surface area contributed by atoms with Crippen molar-refractivity contribution in [2.45, 2.75) is 19.1 Å². The summed E-state index contributed by atoms with van der Waals surface area (Å²) in [6, 6.07) is 3.52. The van der Waals surface area contributed by atoms with Crippen molar-refractivity contribution in [2.75, 3.05) is 7.04 Å². The van der Waals surface area contributed by atoms with Crippen LogP contribution < -0.4 is 14.5 Å². The van der Waals surface area contributed by atoms with Gasteiger partial charge in [-0.15, -0.1) is 0 Å². The zero-order valence-corrected chi connectivity index (χ0v) is 13.0. The van der Waals surface area contributed by atoms with Crippen molar-refractivity contribution in [1.82, 2.24) is 0 Å². The van der Waals surface area contributed by atoms with Crippen LogP contribution in [0.25, 0.3) is 0 Å². The predicted molar refractivity (Wildman–Crippen MR) is 81.3 cm³/mol. The maximum absolute atomic E-state index is 12.5. The Morgan fingerprint density at radius 3 is 2.57 bits per heavy atom. The monoisotopic (exact) mass is 367 g/mol. The van der Waals surface area contributed by atoms with Gasteiger partial charge < -0.3 is 14.6 Å². The first-order valence-corrected chi connectivity index (χ1v) is 7.12. The van der Waals surface area contributed by atoms with Gasteiger partial charge in [-0.3, -0.25) is 0 Å². The first-order chi connectivity index (χ1) is 12.1. The van der Waals surface area contributed by atoms with Crippen LogP contribution in [0.3, 0.4) is 0 Å². The number of aromatic amines is 1. The van der Waals surface area contributed by atoms with Crippen molar-refractivity contribution < 1.29 is 32.5 Å². The molecule has 0 fully saturated rings. The molecule has 0 bridgehead atoms. The maximum atomic E-state index is 12.5. The molecule has 1 heterocycles. The summed E-state index contributed by atoms with van der Waals surface area (Å²) in [7, 11) is -2.88. The van der Waals surface area contributed by atoms with Gasteiger partial charge in [-0.1, -0.05) is 29.3 Å². The highest BCUT2D eigenvalue weighted by atomic mass is 35.5. The molecule has 4 nitrogen and oxygen atoms in total. The van der Waals surface area contributed by atoms with E-state index >= 15 is 0 Å². The molecule has 0 radical (unpaired) electrons. The van der Waals surface area contributed by atoms with E-state index in [-0.39, 0.29) is 12.0 Å². The predicted octanol–water partition coefficient (Wildman–Crippen LogP) is 3.69. The molecule has 0 aliphatic heterocycles. The molecule has 2 rings (SSSR count). The standard InChI is InChI=1S/C15H13Cl2F2NO3/c1-22-14-4-8(2-3-13(14)23-15(18)19)12(21)5-9-10(16)6-20-7-11(9)17/h2-4,6-7,12,15,21H,5H2,1H3/p+1/t12-/m0/s1/i1D3. The van der Waals surface area contributed by atoms with Crippen molar-refractivity contribution in [3.8, 4) is 11.5 Å². The molecule has 2 aromatic rings. The Balaban J connectivity index is 2.32. The van der Waals surface area contributed by atoms with Crippen LogP contribution in [-0.2, 0) is 6.42 Å². The summed E-state index contributed by atoms with van der Waals surface area (Å²) in [5.41, 5.74) is 0.677. The van der Waals surface area contributed by atoms with Gasteiger partial charge in [0.2, 0.25) is 0 Å². The van der Waals surface area contributed by atoms with E-state index in [1.165, 1.54) is 18.5 Å². The van der Waals surface area contributed by atoms with E-state index in [0.717, 1.165) is 12.1 Å². The number of methoxy groups -OCH3 is 1. The number of hydrogen-bond donors (Lipinski definition) is 1. The highest BCUT2D eigenvalue weighted by Gasteiger charge is 2.18. The number of aromatic nitrogens is 1. The minimum atomic E-state index is -3.16. The fourth-order valence-electron chi connectivity index (χ4n) is 1.99. The molecule has 23 heavy (non-hydrogen) atoms. The Kier molecular flexibility index (Phi) is 4.65. The summed E-state index contributed by atoms with van der Waals surface area (Å²) < 4.78 is 55.3. The van der Waals surface area contributed by atoms with Crippen LogP contribution in [0.1, 0.15) is 21.3 Å². The van der Waals surface area contributed by atoms with Gasteiger partial charge in [0.15, 0.2) is 23.9 Å². The van der Waals surface area contributed by atoms with Gasteiger partial charge in [0, 0.05) is 12.0 Å². The Morgan fingerprint density at radius 1 is 1.26 bits per heavy atom. The summed E-state index contributed by atoms with van der Waals surface area (Å²) >= 11 is 12.1. The molecule has 1 aromatic heterocycles. The number of hydrogen-bond acceptors (Lipinski definition) is 3. The molecular weight excluding hydrogens is 351 g/mol. The van der Waals surface area contributed by atoms with E-state index in [2.05, 4.69) is 9.72 Å². The number of benzene rings is 1. The number of pyridine rings is 1. The van der Waals surface area contributed by atoms with E-state index in [1.807, 2.05) is 0 Å². The minimum absolute atomic E-state index is 0.00854. The first-order valence-electron chi connectivity index (χ1n) is 7.86. The fourth-order valence-corrected chi connectivity index (χ4v) is 2.52. The van der Waals surface area contributed by atoms with Crippen LogP contribution in [0.15, 0.2) is 30.6 Å². The summed E-state index contributed by atoms with van der Waals surface area (Å²) in [4.78, 5) is 2.73. The van der Waals surface area contributed by atoms with Crippen LogP contribution in [0.5, 0.6) is 11.5 Å². The molecule has 0 aliphatic carbocycles. The Bertz CT molecular complexity index is 758. The largest absolute Gasteiger partial charge is 0.493 e. The van der Waals surface area contributed by atoms with E-state index in [9.17, 15) is 13.9 Å². The van der Waals surface area contributed by atoms with Gasteiger partial charge in [-0.25, -0.2) is 4.98 Å². The molecule has 0 unspecified atom stereocenters. The van der Waals surface area contributed by atoms with Crippen molar-refractivity contribution in [3.63, 3.8) is 0 Å². The summed E-state index contributed by atoms with van der Waals surface area (Å²) in [6.45, 7) is -3.16. The van der Waals surface area contributed by atoms with E-state index in [4.69, 9.17) is 32.1 Å². The highest BCUT2D eigenvalue weighted by Crippen LogP contribution is 2.33. The van der Waals surface area contributed by atoms with Crippen LogP contribution in [0, 0.1) is 0 Å². The van der Waals surface area contributed by atoms with Crippen molar-refractivity contribution in [1.29, 1.82) is 0 Å². The second kappa shape index (κ2) is 7.77. The number of alkyl halides is 2. The van der Waals surface area contributed by atoms with Gasteiger partial charge in [-0.2, -0.15) is 8.78 Å². The Labute approximate surface area is 145 Å². The first kappa shape index (κ1) is 13.8. The molecule has 0 saturated carbocycles. The third-order valence-electron chi connectivity index (χ3n) is 3.07. The Morgan fingerprint density at radius 2 is 1.96 bits per heavy atom. The second-order valence-corrected chi connectivity index (χ2v) is 5.35. The van der Waals surface area contributed by atoms with Gasteiger partial charge >= 0.3 is 6.61 Å². The summed E-state index contributed by atoms with van der Waals surface area (Å²) in [6.07, 6.45) is 1.83. The second-order valence-electron chi connectivity index (χ2n) is 4.54. The molecular formula is C15H14Cl2F2NO3+. The minimum Gasteiger partial charge on any atom is -0.493 e. The van der Waals surface area contributed by atoms with Crippen LogP contribution in [-0.4, -0.2) is 18.8 Å². The lowest BCUT2D eigenvalue weighted by Crippen LogP contribution is -2.08. The average Bonchev–Trinajstić information content (AvgIpc) is 2.50. The average molecular weight is 368 g/mol. The van der Waals surface area contributed by atoms with Gasteiger partial charge in [0.1, 0.15) is 10.0 Å². The molecule has 0 saturated heterocycles. The quantitative estimate of drug-likeness (QED) is 0.846. The molecule has 124 valence electrons. The lowest BCUT2D eigenvalue weighted by atomic mass is 10.0. The number of aliphatic hydroxyl groups excluding tert-OH is 1. The highest BCUT2D eigenvalue weighted by molar-refractivity contribution is 6.35. The number of halogens is 4. The van der Waals surface area contributed by atoms with Crippen LogP contribution in [0.4, 0.5) is 8.78 Å². The topological polar surface area (TPSA) is 52.8 Å². The molecule has 0 amide bonds. The molecule has 8 heteroatoms. The zero-order chi connectivity index (χ0) is 19.5. The fraction of sp³-hybridized carbons (Fsp3) is 0.267. The van der Waals surface area contributed by atoms with Crippen molar-refractivity contribution in [2.24, 2.45) is 0 Å².